The van der Waals surface area contributed by atoms with Gasteiger partial charge in [-0.15, -0.1) is 0 Å². The second kappa shape index (κ2) is 12.1. The van der Waals surface area contributed by atoms with Crippen LogP contribution in [0.2, 0.25) is 5.02 Å². The number of nitrogens with one attached hydrogen (secondary N) is 2. The van der Waals surface area contributed by atoms with Crippen molar-refractivity contribution in [2.75, 3.05) is 81.5 Å². The van der Waals surface area contributed by atoms with Gasteiger partial charge in [0.2, 0.25) is 11.9 Å². The molecule has 0 aliphatic carbocycles. The minimum atomic E-state index is -0.310. The zero-order chi connectivity index (χ0) is 25.5. The fourth-order valence-electron chi connectivity index (χ4n) is 3.69. The number of likely N-dealkylation sites (N-methyl/N-ethyl adjacent to an activating group) is 2. The van der Waals surface area contributed by atoms with Crippen molar-refractivity contribution in [1.82, 2.24) is 14.9 Å². The van der Waals surface area contributed by atoms with Crippen molar-refractivity contribution in [1.29, 1.82) is 0 Å². The lowest BCUT2D eigenvalue weighted by molar-refractivity contribution is -0.111. The Hall–Kier alpha value is -3.08. The van der Waals surface area contributed by atoms with Crippen LogP contribution in [0.5, 0.6) is 5.75 Å². The number of rotatable bonds is 10. The van der Waals surface area contributed by atoms with Crippen LogP contribution in [0.15, 0.2) is 31.0 Å². The standard InChI is InChI=1S/C24H34ClN7O3/c1-7-22(33)27-18-12-19(21(34-6)13-20(18)31(5)9-8-30(3)4)28-24-26-14-17(25)23(29-24)32-10-11-35-15-16(32)2/h7,12-14,16H,1,8-11,15H2,2-6H3,(H,27,33)(H,26,28,29). The molecule has 2 heterocycles. The van der Waals surface area contributed by atoms with E-state index in [4.69, 9.17) is 21.1 Å². The highest BCUT2D eigenvalue weighted by Crippen LogP contribution is 2.38. The summed E-state index contributed by atoms with van der Waals surface area (Å²) in [4.78, 5) is 27.5. The molecule has 0 saturated carbocycles. The SMILES string of the molecule is C=CC(=O)Nc1cc(Nc2ncc(Cl)c(N3CCOCC3C)n2)c(OC)cc1N(C)CCN(C)C. The van der Waals surface area contributed by atoms with Gasteiger partial charge in [0.1, 0.15) is 10.8 Å². The predicted octanol–water partition coefficient (Wildman–Crippen LogP) is 3.23. The molecule has 1 amide bonds. The zero-order valence-electron chi connectivity index (χ0n) is 21.0. The Balaban J connectivity index is 1.96. The molecule has 1 aromatic heterocycles. The van der Waals surface area contributed by atoms with Crippen molar-refractivity contribution in [2.45, 2.75) is 13.0 Å². The first-order valence-corrected chi connectivity index (χ1v) is 11.8. The largest absolute Gasteiger partial charge is 0.494 e. The molecule has 10 nitrogen and oxygen atoms in total. The molecule has 1 aliphatic heterocycles. The summed E-state index contributed by atoms with van der Waals surface area (Å²) < 4.78 is 11.2. The summed E-state index contributed by atoms with van der Waals surface area (Å²) in [6, 6.07) is 3.81. The summed E-state index contributed by atoms with van der Waals surface area (Å²) in [5.74, 6) is 1.26. The van der Waals surface area contributed by atoms with Gasteiger partial charge in [0.25, 0.3) is 0 Å². The first-order chi connectivity index (χ1) is 16.7. The van der Waals surface area contributed by atoms with E-state index in [0.717, 1.165) is 18.8 Å². The van der Waals surface area contributed by atoms with E-state index in [1.807, 2.05) is 27.2 Å². The van der Waals surface area contributed by atoms with E-state index in [-0.39, 0.29) is 11.9 Å². The van der Waals surface area contributed by atoms with Gasteiger partial charge in [-0.3, -0.25) is 4.79 Å². The van der Waals surface area contributed by atoms with Gasteiger partial charge in [-0.25, -0.2) is 4.98 Å². The van der Waals surface area contributed by atoms with E-state index in [9.17, 15) is 4.79 Å². The number of carbonyl (C=O) groups is 1. The third-order valence-electron chi connectivity index (χ3n) is 5.67. The molecule has 0 bridgehead atoms. The molecule has 2 aromatic rings. The summed E-state index contributed by atoms with van der Waals surface area (Å²) >= 11 is 6.44. The second-order valence-electron chi connectivity index (χ2n) is 8.60. The number of anilines is 5. The third-order valence-corrected chi connectivity index (χ3v) is 5.93. The van der Waals surface area contributed by atoms with Gasteiger partial charge >= 0.3 is 0 Å². The fourth-order valence-corrected chi connectivity index (χ4v) is 3.89. The lowest BCUT2D eigenvalue weighted by atomic mass is 10.2. The van der Waals surface area contributed by atoms with Crippen LogP contribution in [0.25, 0.3) is 0 Å². The Labute approximate surface area is 211 Å². The highest BCUT2D eigenvalue weighted by Gasteiger charge is 2.23. The molecule has 3 rings (SSSR count). The topological polar surface area (TPSA) is 95.1 Å². The Morgan fingerprint density at radius 2 is 2.11 bits per heavy atom. The Morgan fingerprint density at radius 1 is 1.34 bits per heavy atom. The zero-order valence-corrected chi connectivity index (χ0v) is 21.7. The number of hydrogen-bond donors (Lipinski definition) is 2. The normalized spacial score (nSPS) is 15.6. The Kier molecular flexibility index (Phi) is 9.13. The average molecular weight is 504 g/mol. The molecule has 11 heteroatoms. The first kappa shape index (κ1) is 26.5. The Bertz CT molecular complexity index is 1050. The molecule has 2 N–H and O–H groups in total. The van der Waals surface area contributed by atoms with Crippen LogP contribution < -0.4 is 25.2 Å². The molecule has 1 atom stereocenters. The quantitative estimate of drug-likeness (QED) is 0.474. The number of amides is 1. The van der Waals surface area contributed by atoms with Gasteiger partial charge in [-0.2, -0.15) is 4.98 Å². The van der Waals surface area contributed by atoms with Gasteiger partial charge in [-0.05, 0) is 33.2 Å². The molecular formula is C24H34ClN7O3. The predicted molar refractivity (Wildman–Crippen MR) is 142 cm³/mol. The fraction of sp³-hybridized carbons (Fsp3) is 0.458. The second-order valence-corrected chi connectivity index (χ2v) is 9.00. The number of carbonyl (C=O) groups excluding carboxylic acids is 1. The van der Waals surface area contributed by atoms with Gasteiger partial charge in [0.05, 0.1) is 49.6 Å². The van der Waals surface area contributed by atoms with E-state index < -0.39 is 0 Å². The van der Waals surface area contributed by atoms with Crippen molar-refractivity contribution in [3.8, 4) is 5.75 Å². The van der Waals surface area contributed by atoms with Crippen molar-refractivity contribution in [3.63, 3.8) is 0 Å². The maximum atomic E-state index is 12.2. The highest BCUT2D eigenvalue weighted by atomic mass is 35.5. The third kappa shape index (κ3) is 6.74. The monoisotopic (exact) mass is 503 g/mol. The number of benzene rings is 1. The smallest absolute Gasteiger partial charge is 0.247 e. The minimum Gasteiger partial charge on any atom is -0.494 e. The van der Waals surface area contributed by atoms with Crippen LogP contribution in [0.4, 0.5) is 28.8 Å². The summed E-state index contributed by atoms with van der Waals surface area (Å²) in [5, 5.41) is 6.58. The van der Waals surface area contributed by atoms with Crippen LogP contribution in [-0.4, -0.2) is 87.9 Å². The van der Waals surface area contributed by atoms with E-state index in [2.05, 4.69) is 48.8 Å². The summed E-state index contributed by atoms with van der Waals surface area (Å²) in [6.07, 6.45) is 2.81. The van der Waals surface area contributed by atoms with Crippen molar-refractivity contribution in [3.05, 3.63) is 36.0 Å². The maximum absolute atomic E-state index is 12.2. The van der Waals surface area contributed by atoms with E-state index >= 15 is 0 Å². The van der Waals surface area contributed by atoms with Gasteiger partial charge < -0.3 is 34.8 Å². The Morgan fingerprint density at radius 3 is 2.77 bits per heavy atom. The average Bonchev–Trinajstić information content (AvgIpc) is 2.84. The molecule has 1 unspecified atom stereocenters. The summed E-state index contributed by atoms with van der Waals surface area (Å²) in [7, 11) is 7.59. The first-order valence-electron chi connectivity index (χ1n) is 11.4. The van der Waals surface area contributed by atoms with Crippen molar-refractivity contribution >= 4 is 46.3 Å². The van der Waals surface area contributed by atoms with E-state index in [0.29, 0.717) is 53.7 Å². The van der Waals surface area contributed by atoms with Crippen LogP contribution in [0.3, 0.4) is 0 Å². The molecule has 190 valence electrons. The van der Waals surface area contributed by atoms with E-state index in [1.165, 1.54) is 6.08 Å². The number of morpholine rings is 1. The molecule has 1 saturated heterocycles. The van der Waals surface area contributed by atoms with Crippen LogP contribution in [-0.2, 0) is 9.53 Å². The number of halogens is 1. The molecule has 1 aliphatic rings. The summed E-state index contributed by atoms with van der Waals surface area (Å²) in [5.41, 5.74) is 2.01. The highest BCUT2D eigenvalue weighted by molar-refractivity contribution is 6.32. The molecule has 35 heavy (non-hydrogen) atoms. The molecule has 1 aromatic carbocycles. The van der Waals surface area contributed by atoms with Crippen molar-refractivity contribution in [2.24, 2.45) is 0 Å². The van der Waals surface area contributed by atoms with Gasteiger partial charge in [0, 0.05) is 32.7 Å². The lowest BCUT2D eigenvalue weighted by Gasteiger charge is -2.34. The number of nitrogens with zero attached hydrogens (tertiary/aromatic N) is 5. The van der Waals surface area contributed by atoms with Crippen LogP contribution >= 0.6 is 11.6 Å². The number of ether oxygens (including phenoxy) is 2. The summed E-state index contributed by atoms with van der Waals surface area (Å²) in [6.45, 7) is 9.12. The number of hydrogen-bond acceptors (Lipinski definition) is 9. The van der Waals surface area contributed by atoms with Crippen LogP contribution in [0.1, 0.15) is 6.92 Å². The van der Waals surface area contributed by atoms with Gasteiger partial charge in [0.15, 0.2) is 5.82 Å². The maximum Gasteiger partial charge on any atom is 0.247 e. The van der Waals surface area contributed by atoms with Gasteiger partial charge in [-0.1, -0.05) is 18.2 Å². The molecule has 0 spiro atoms. The molecule has 0 radical (unpaired) electrons. The van der Waals surface area contributed by atoms with E-state index in [1.54, 1.807) is 19.4 Å². The molecular weight excluding hydrogens is 470 g/mol. The minimum absolute atomic E-state index is 0.135. The van der Waals surface area contributed by atoms with Crippen LogP contribution in [0, 0.1) is 0 Å². The number of methoxy groups -OCH3 is 1. The number of aromatic nitrogens is 2. The van der Waals surface area contributed by atoms with Crippen molar-refractivity contribution < 1.29 is 14.3 Å². The molecule has 1 fully saturated rings. The lowest BCUT2D eigenvalue weighted by Crippen LogP contribution is -2.44.